The molecule has 0 saturated carbocycles. The van der Waals surface area contributed by atoms with Gasteiger partial charge in [0.15, 0.2) is 5.58 Å². The van der Waals surface area contributed by atoms with E-state index in [-0.39, 0.29) is 11.4 Å². The second-order valence-corrected chi connectivity index (χ2v) is 5.42. The molecule has 3 heterocycles. The van der Waals surface area contributed by atoms with Gasteiger partial charge in [0.05, 0.1) is 6.54 Å². The minimum Gasteiger partial charge on any atom is -0.423 e. The molecule has 0 radical (unpaired) electrons. The third-order valence-corrected chi connectivity index (χ3v) is 3.78. The Labute approximate surface area is 124 Å². The maximum Gasteiger partial charge on any atom is 0.298 e. The molecule has 0 N–H and O–H groups in total. The van der Waals surface area contributed by atoms with Crippen molar-refractivity contribution in [2.45, 2.75) is 6.54 Å². The quantitative estimate of drug-likeness (QED) is 0.736. The number of anilines is 1. The lowest BCUT2D eigenvalue weighted by Crippen LogP contribution is -2.49. The lowest BCUT2D eigenvalue weighted by atomic mass is 10.0. The SMILES string of the molecule is O=c1cccnn1CC1CN(c2nc3ccc(F)cc3o2)C1. The average Bonchev–Trinajstić information content (AvgIpc) is 2.86. The van der Waals surface area contributed by atoms with Crippen LogP contribution < -0.4 is 10.5 Å². The van der Waals surface area contributed by atoms with Gasteiger partial charge in [0, 0.05) is 37.3 Å². The Balaban J connectivity index is 1.46. The minimum absolute atomic E-state index is 0.0988. The number of hydrogen-bond donors (Lipinski definition) is 0. The maximum atomic E-state index is 13.1. The molecule has 22 heavy (non-hydrogen) atoms. The van der Waals surface area contributed by atoms with Crippen LogP contribution in [0.1, 0.15) is 0 Å². The molecule has 0 spiro atoms. The van der Waals surface area contributed by atoms with Gasteiger partial charge in [-0.05, 0) is 18.2 Å². The summed E-state index contributed by atoms with van der Waals surface area (Å²) in [5, 5.41) is 4.05. The summed E-state index contributed by atoms with van der Waals surface area (Å²) in [4.78, 5) is 17.9. The van der Waals surface area contributed by atoms with Gasteiger partial charge in [-0.3, -0.25) is 4.79 Å². The second-order valence-electron chi connectivity index (χ2n) is 5.42. The number of aromatic nitrogens is 3. The monoisotopic (exact) mass is 300 g/mol. The molecule has 1 aliphatic rings. The Morgan fingerprint density at radius 2 is 2.18 bits per heavy atom. The van der Waals surface area contributed by atoms with Crippen molar-refractivity contribution in [2.24, 2.45) is 5.92 Å². The number of fused-ring (bicyclic) bond motifs is 1. The van der Waals surface area contributed by atoms with Crippen LogP contribution in [0, 0.1) is 11.7 Å². The first-order valence-electron chi connectivity index (χ1n) is 7.02. The summed E-state index contributed by atoms with van der Waals surface area (Å²) < 4.78 is 20.2. The summed E-state index contributed by atoms with van der Waals surface area (Å²) in [6.45, 7) is 2.04. The van der Waals surface area contributed by atoms with Crippen LogP contribution in [-0.2, 0) is 6.54 Å². The van der Waals surface area contributed by atoms with E-state index in [0.717, 1.165) is 13.1 Å². The highest BCUT2D eigenvalue weighted by Crippen LogP contribution is 2.28. The van der Waals surface area contributed by atoms with Gasteiger partial charge in [-0.2, -0.15) is 10.1 Å². The van der Waals surface area contributed by atoms with Crippen molar-refractivity contribution in [3.63, 3.8) is 0 Å². The van der Waals surface area contributed by atoms with Crippen LogP contribution in [0.15, 0.2) is 45.7 Å². The van der Waals surface area contributed by atoms with Crippen molar-refractivity contribution in [3.8, 4) is 0 Å². The van der Waals surface area contributed by atoms with Crippen LogP contribution in [0.25, 0.3) is 11.1 Å². The van der Waals surface area contributed by atoms with Gasteiger partial charge in [0.2, 0.25) is 0 Å². The molecule has 1 aliphatic heterocycles. The van der Waals surface area contributed by atoms with Gasteiger partial charge >= 0.3 is 0 Å². The molecule has 112 valence electrons. The fraction of sp³-hybridized carbons (Fsp3) is 0.267. The van der Waals surface area contributed by atoms with E-state index in [1.807, 2.05) is 4.90 Å². The molecule has 4 rings (SSSR count). The van der Waals surface area contributed by atoms with E-state index in [1.54, 1.807) is 18.3 Å². The first-order valence-corrected chi connectivity index (χ1v) is 7.02. The summed E-state index contributed by atoms with van der Waals surface area (Å²) in [5.74, 6) is -0.0226. The molecule has 0 unspecified atom stereocenters. The van der Waals surface area contributed by atoms with Crippen LogP contribution in [0.5, 0.6) is 0 Å². The lowest BCUT2D eigenvalue weighted by molar-refractivity contribution is 0.319. The van der Waals surface area contributed by atoms with Crippen molar-refractivity contribution in [1.29, 1.82) is 0 Å². The Hall–Kier alpha value is -2.70. The largest absolute Gasteiger partial charge is 0.423 e. The molecule has 1 saturated heterocycles. The third-order valence-electron chi connectivity index (χ3n) is 3.78. The molecule has 1 fully saturated rings. The van der Waals surface area contributed by atoms with Crippen molar-refractivity contribution in [3.05, 3.63) is 52.7 Å². The van der Waals surface area contributed by atoms with Crippen LogP contribution in [-0.4, -0.2) is 27.9 Å². The number of nitrogens with zero attached hydrogens (tertiary/aromatic N) is 4. The van der Waals surface area contributed by atoms with Crippen molar-refractivity contribution in [2.75, 3.05) is 18.0 Å². The zero-order chi connectivity index (χ0) is 15.1. The molecule has 7 heteroatoms. The highest BCUT2D eigenvalue weighted by molar-refractivity contribution is 5.74. The molecular weight excluding hydrogens is 287 g/mol. The Bertz CT molecular complexity index is 882. The zero-order valence-corrected chi connectivity index (χ0v) is 11.6. The van der Waals surface area contributed by atoms with Crippen molar-refractivity contribution < 1.29 is 8.81 Å². The van der Waals surface area contributed by atoms with Crippen LogP contribution in [0.4, 0.5) is 10.4 Å². The number of rotatable bonds is 3. The van der Waals surface area contributed by atoms with Gasteiger partial charge < -0.3 is 9.32 Å². The Kier molecular flexibility index (Phi) is 2.92. The van der Waals surface area contributed by atoms with E-state index < -0.39 is 0 Å². The van der Waals surface area contributed by atoms with E-state index in [4.69, 9.17) is 4.42 Å². The van der Waals surface area contributed by atoms with Crippen LogP contribution in [0.2, 0.25) is 0 Å². The normalized spacial score (nSPS) is 15.2. The molecule has 2 aromatic heterocycles. The zero-order valence-electron chi connectivity index (χ0n) is 11.6. The van der Waals surface area contributed by atoms with Crippen LogP contribution >= 0.6 is 0 Å². The van der Waals surface area contributed by atoms with Gasteiger partial charge in [-0.25, -0.2) is 9.07 Å². The first kappa shape index (κ1) is 13.0. The van der Waals surface area contributed by atoms with E-state index in [0.29, 0.717) is 29.6 Å². The van der Waals surface area contributed by atoms with Gasteiger partial charge in [-0.15, -0.1) is 0 Å². The second kappa shape index (κ2) is 4.94. The molecule has 6 nitrogen and oxygen atoms in total. The fourth-order valence-electron chi connectivity index (χ4n) is 2.63. The predicted molar refractivity (Wildman–Crippen MR) is 78.2 cm³/mol. The summed E-state index contributed by atoms with van der Waals surface area (Å²) in [7, 11) is 0. The average molecular weight is 300 g/mol. The maximum absolute atomic E-state index is 13.1. The summed E-state index contributed by atoms with van der Waals surface area (Å²) >= 11 is 0. The molecule has 0 aliphatic carbocycles. The summed E-state index contributed by atoms with van der Waals surface area (Å²) in [5.41, 5.74) is 0.985. The van der Waals surface area contributed by atoms with E-state index in [1.165, 1.54) is 22.9 Å². The topological polar surface area (TPSA) is 64.2 Å². The van der Waals surface area contributed by atoms with Crippen LogP contribution in [0.3, 0.4) is 0 Å². The van der Waals surface area contributed by atoms with Crippen molar-refractivity contribution in [1.82, 2.24) is 14.8 Å². The molecular formula is C15H13FN4O2. The molecule has 0 amide bonds. The smallest absolute Gasteiger partial charge is 0.298 e. The molecule has 0 bridgehead atoms. The summed E-state index contributed by atoms with van der Waals surface area (Å²) in [6.07, 6.45) is 1.60. The Morgan fingerprint density at radius 3 is 3.00 bits per heavy atom. The number of hydrogen-bond acceptors (Lipinski definition) is 5. The standard InChI is InChI=1S/C15H13FN4O2/c16-11-3-4-12-13(6-11)22-15(18-12)19-7-10(8-19)9-20-14(21)2-1-5-17-20/h1-6,10H,7-9H2. The van der Waals surface area contributed by atoms with E-state index in [2.05, 4.69) is 10.1 Å². The molecule has 0 atom stereocenters. The van der Waals surface area contributed by atoms with E-state index >= 15 is 0 Å². The lowest BCUT2D eigenvalue weighted by Gasteiger charge is -2.37. The highest BCUT2D eigenvalue weighted by atomic mass is 19.1. The van der Waals surface area contributed by atoms with Gasteiger partial charge in [0.1, 0.15) is 11.3 Å². The third kappa shape index (κ3) is 2.24. The minimum atomic E-state index is -0.341. The Morgan fingerprint density at radius 1 is 1.32 bits per heavy atom. The number of halogens is 1. The predicted octanol–water partition coefficient (Wildman–Crippen LogP) is 1.66. The number of benzene rings is 1. The van der Waals surface area contributed by atoms with E-state index in [9.17, 15) is 9.18 Å². The summed E-state index contributed by atoms with van der Waals surface area (Å²) in [6, 6.07) is 7.91. The highest BCUT2D eigenvalue weighted by Gasteiger charge is 2.30. The van der Waals surface area contributed by atoms with Gasteiger partial charge in [-0.1, -0.05) is 0 Å². The fourth-order valence-corrected chi connectivity index (χ4v) is 2.63. The van der Waals surface area contributed by atoms with Crippen molar-refractivity contribution >= 4 is 17.1 Å². The molecule has 1 aromatic carbocycles. The van der Waals surface area contributed by atoms with Gasteiger partial charge in [0.25, 0.3) is 11.6 Å². The first-order chi connectivity index (χ1) is 10.7. The molecule has 3 aromatic rings. The number of oxazole rings is 1.